The Balaban J connectivity index is 2.32. The Morgan fingerprint density at radius 3 is 2.52 bits per heavy atom. The molecule has 0 spiro atoms. The number of hydrogen-bond acceptors (Lipinski definition) is 6. The second-order valence-electron chi connectivity index (χ2n) is 6.45. The van der Waals surface area contributed by atoms with Gasteiger partial charge in [0, 0.05) is 5.56 Å². The number of carbonyl (C=O) groups excluding carboxylic acids is 1. The molecule has 0 atom stereocenters. The Morgan fingerprint density at radius 2 is 1.96 bits per heavy atom. The average Bonchev–Trinajstić information content (AvgIpc) is 2.97. The van der Waals surface area contributed by atoms with Gasteiger partial charge < -0.3 is 10.5 Å². The van der Waals surface area contributed by atoms with Crippen molar-refractivity contribution in [3.05, 3.63) is 40.3 Å². The minimum atomic E-state index is -0.484. The number of hydrogen-bond donors (Lipinski definition) is 2. The number of aromatic amines is 1. The number of pyridine rings is 1. The summed E-state index contributed by atoms with van der Waals surface area (Å²) in [6.07, 6.45) is 0. The predicted octanol–water partition coefficient (Wildman–Crippen LogP) is 3.72. The minimum absolute atomic E-state index is 0.240. The summed E-state index contributed by atoms with van der Waals surface area (Å²) in [4.78, 5) is 16.2. The van der Waals surface area contributed by atoms with Crippen molar-refractivity contribution in [2.24, 2.45) is 0 Å². The van der Waals surface area contributed by atoms with Crippen LogP contribution in [0.25, 0.3) is 21.3 Å². The summed E-state index contributed by atoms with van der Waals surface area (Å²) in [5, 5.41) is 10.3. The molecule has 0 saturated carbocycles. The van der Waals surface area contributed by atoms with Gasteiger partial charge in [0.1, 0.15) is 16.5 Å². The highest BCUT2D eigenvalue weighted by Crippen LogP contribution is 2.41. The van der Waals surface area contributed by atoms with Gasteiger partial charge in [0.15, 0.2) is 4.83 Å². The zero-order valence-electron chi connectivity index (χ0n) is 15.4. The van der Waals surface area contributed by atoms with Crippen molar-refractivity contribution in [1.82, 2.24) is 0 Å². The molecule has 138 valence electrons. The Hall–Kier alpha value is -3.11. The fourth-order valence-corrected chi connectivity index (χ4v) is 4.05. The van der Waals surface area contributed by atoms with E-state index in [1.807, 2.05) is 24.3 Å². The maximum atomic E-state index is 12.2. The zero-order chi connectivity index (χ0) is 19.7. The van der Waals surface area contributed by atoms with E-state index in [9.17, 15) is 10.1 Å². The normalized spacial score (nSPS) is 10.9. The van der Waals surface area contributed by atoms with Crippen molar-refractivity contribution >= 4 is 39.0 Å². The molecule has 0 saturated heterocycles. The van der Waals surface area contributed by atoms with Crippen LogP contribution >= 0.6 is 11.3 Å². The quantitative estimate of drug-likeness (QED) is 0.668. The summed E-state index contributed by atoms with van der Waals surface area (Å²) in [6, 6.07) is 10.1. The van der Waals surface area contributed by atoms with E-state index in [1.165, 1.54) is 16.9 Å². The Labute approximate surface area is 161 Å². The number of aromatic nitrogens is 1. The molecular formula is C20H21N4O2S+. The van der Waals surface area contributed by atoms with E-state index in [4.69, 9.17) is 16.2 Å². The van der Waals surface area contributed by atoms with Crippen LogP contribution in [-0.4, -0.2) is 12.6 Å². The number of nitrogens with zero attached hydrogens (tertiary/aromatic N) is 1. The molecule has 2 aromatic heterocycles. The van der Waals surface area contributed by atoms with Gasteiger partial charge in [-0.25, -0.2) is 9.78 Å². The Bertz CT molecular complexity index is 1060. The van der Waals surface area contributed by atoms with Gasteiger partial charge in [-0.1, -0.05) is 49.4 Å². The number of benzene rings is 1. The highest BCUT2D eigenvalue weighted by Gasteiger charge is 2.27. The average molecular weight is 381 g/mol. The first-order valence-corrected chi connectivity index (χ1v) is 9.44. The second-order valence-corrected chi connectivity index (χ2v) is 7.47. The lowest BCUT2D eigenvalue weighted by molar-refractivity contribution is -0.323. The van der Waals surface area contributed by atoms with E-state index >= 15 is 0 Å². The van der Waals surface area contributed by atoms with Crippen molar-refractivity contribution in [2.75, 3.05) is 18.1 Å². The van der Waals surface area contributed by atoms with E-state index in [0.717, 1.165) is 5.56 Å². The largest absolute Gasteiger partial charge is 0.462 e. The first-order valence-electron chi connectivity index (χ1n) is 8.63. The highest BCUT2D eigenvalue weighted by molar-refractivity contribution is 7.20. The molecule has 27 heavy (non-hydrogen) atoms. The number of rotatable bonds is 4. The summed E-state index contributed by atoms with van der Waals surface area (Å²) < 4.78 is 5.09. The van der Waals surface area contributed by atoms with Gasteiger partial charge in [0.05, 0.1) is 17.7 Å². The number of anilines is 2. The van der Waals surface area contributed by atoms with E-state index < -0.39 is 5.97 Å². The van der Waals surface area contributed by atoms with Crippen LogP contribution in [0.1, 0.15) is 47.5 Å². The number of nitrogens with two attached hydrogens (primary N) is 2. The number of fused-ring (bicyclic) bond motifs is 1. The summed E-state index contributed by atoms with van der Waals surface area (Å²) in [6.45, 7) is 6.23. The topological polar surface area (TPSA) is 116 Å². The van der Waals surface area contributed by atoms with Crippen LogP contribution in [0.4, 0.5) is 11.5 Å². The molecule has 0 aliphatic heterocycles. The number of ether oxygens (including phenoxy) is 1. The molecule has 0 fully saturated rings. The summed E-state index contributed by atoms with van der Waals surface area (Å²) in [5.74, 6) is 0.151. The van der Waals surface area contributed by atoms with E-state index in [1.54, 1.807) is 6.92 Å². The predicted molar refractivity (Wildman–Crippen MR) is 107 cm³/mol. The molecule has 0 bridgehead atoms. The van der Waals surface area contributed by atoms with Crippen LogP contribution in [-0.2, 0) is 4.74 Å². The molecule has 6 nitrogen and oxygen atoms in total. The van der Waals surface area contributed by atoms with Crippen molar-refractivity contribution in [3.63, 3.8) is 0 Å². The molecule has 0 radical (unpaired) electrons. The van der Waals surface area contributed by atoms with Gasteiger partial charge in [-0.15, -0.1) is 0 Å². The number of thiophene rings is 1. The molecule has 3 rings (SSSR count). The molecule has 0 amide bonds. The van der Waals surface area contributed by atoms with Crippen molar-refractivity contribution in [1.29, 1.82) is 5.26 Å². The molecule has 7 heteroatoms. The van der Waals surface area contributed by atoms with E-state index in [0.29, 0.717) is 37.8 Å². The summed E-state index contributed by atoms with van der Waals surface area (Å²) in [7, 11) is 0. The van der Waals surface area contributed by atoms with Gasteiger partial charge in [-0.3, -0.25) is 5.73 Å². The molecular weight excluding hydrogens is 360 g/mol. The SMILES string of the molecule is CCOC(=O)c1sc2[nH+]c(N)c(C#N)c(-c3ccc(C(C)C)cc3)c2c1N. The Morgan fingerprint density at radius 1 is 1.30 bits per heavy atom. The monoisotopic (exact) mass is 381 g/mol. The lowest BCUT2D eigenvalue weighted by Crippen LogP contribution is -2.13. The van der Waals surface area contributed by atoms with Crippen molar-refractivity contribution in [3.8, 4) is 17.2 Å². The Kier molecular flexibility index (Phi) is 5.02. The van der Waals surface area contributed by atoms with Crippen LogP contribution < -0.4 is 16.5 Å². The third-order valence-corrected chi connectivity index (χ3v) is 5.50. The molecule has 0 unspecified atom stereocenters. The first kappa shape index (κ1) is 18.7. The number of nitrogens with one attached hydrogen (secondary N) is 1. The number of nitrogen functional groups attached to an aromatic ring is 2. The number of H-pyrrole nitrogens is 1. The van der Waals surface area contributed by atoms with Crippen LogP contribution in [0, 0.1) is 11.3 Å². The number of carbonyl (C=O) groups is 1. The number of nitriles is 1. The molecule has 0 aliphatic carbocycles. The van der Waals surface area contributed by atoms with Crippen LogP contribution in [0.5, 0.6) is 0 Å². The minimum Gasteiger partial charge on any atom is -0.462 e. The van der Waals surface area contributed by atoms with Gasteiger partial charge >= 0.3 is 5.97 Å². The third-order valence-electron chi connectivity index (χ3n) is 4.40. The number of esters is 1. The summed E-state index contributed by atoms with van der Waals surface area (Å²) >= 11 is 1.18. The second kappa shape index (κ2) is 7.25. The van der Waals surface area contributed by atoms with Crippen molar-refractivity contribution in [2.45, 2.75) is 26.7 Å². The fraction of sp³-hybridized carbons (Fsp3) is 0.250. The highest BCUT2D eigenvalue weighted by atomic mass is 32.1. The fourth-order valence-electron chi connectivity index (χ4n) is 3.01. The molecule has 3 aromatic rings. The molecule has 2 heterocycles. The lowest BCUT2D eigenvalue weighted by Gasteiger charge is -2.10. The van der Waals surface area contributed by atoms with Crippen LogP contribution in [0.15, 0.2) is 24.3 Å². The molecule has 5 N–H and O–H groups in total. The first-order chi connectivity index (χ1) is 12.9. The van der Waals surface area contributed by atoms with Gasteiger partial charge in [0.25, 0.3) is 5.82 Å². The molecule has 1 aromatic carbocycles. The van der Waals surface area contributed by atoms with Gasteiger partial charge in [-0.05, 0) is 24.0 Å². The van der Waals surface area contributed by atoms with E-state index in [2.05, 4.69) is 24.9 Å². The van der Waals surface area contributed by atoms with Crippen LogP contribution in [0.3, 0.4) is 0 Å². The van der Waals surface area contributed by atoms with E-state index in [-0.39, 0.29) is 12.4 Å². The van der Waals surface area contributed by atoms with Gasteiger partial charge in [-0.2, -0.15) is 5.26 Å². The smallest absolute Gasteiger partial charge is 0.350 e. The van der Waals surface area contributed by atoms with Gasteiger partial charge in [0.2, 0.25) is 0 Å². The lowest BCUT2D eigenvalue weighted by atomic mass is 9.94. The zero-order valence-corrected chi connectivity index (χ0v) is 16.2. The van der Waals surface area contributed by atoms with Crippen molar-refractivity contribution < 1.29 is 14.5 Å². The van der Waals surface area contributed by atoms with Crippen LogP contribution in [0.2, 0.25) is 0 Å². The third kappa shape index (κ3) is 3.20. The maximum Gasteiger partial charge on any atom is 0.350 e. The molecule has 0 aliphatic rings. The summed E-state index contributed by atoms with van der Waals surface area (Å²) in [5.41, 5.74) is 15.6. The standard InChI is InChI=1S/C20H20N4O2S/c1-4-26-20(25)17-16(22)15-14(12-7-5-11(6-8-12)10(2)3)13(9-21)18(23)24-19(15)27-17/h5-8,10H,4,22H2,1-3H3,(H2,23,24)/p+1. The maximum absolute atomic E-state index is 12.2.